The molecule has 19 heavy (non-hydrogen) atoms. The zero-order chi connectivity index (χ0) is 13.8. The van der Waals surface area contributed by atoms with Crippen LogP contribution >= 0.6 is 15.9 Å². The molecule has 0 N–H and O–H groups in total. The lowest BCUT2D eigenvalue weighted by Gasteiger charge is -2.10. The maximum absolute atomic E-state index is 5.73. The topological polar surface area (TPSA) is 35.0 Å². The SMILES string of the molecule is CCC(C)c1ccc(Oc2cc(Br)nc(C)n2)cc1. The first-order chi connectivity index (χ1) is 9.08. The van der Waals surface area contributed by atoms with Crippen molar-refractivity contribution in [2.24, 2.45) is 0 Å². The summed E-state index contributed by atoms with van der Waals surface area (Å²) in [6.07, 6.45) is 1.14. The Balaban J connectivity index is 2.15. The van der Waals surface area contributed by atoms with Gasteiger partial charge in [-0.1, -0.05) is 26.0 Å². The highest BCUT2D eigenvalue weighted by atomic mass is 79.9. The van der Waals surface area contributed by atoms with Crippen LogP contribution in [-0.2, 0) is 0 Å². The van der Waals surface area contributed by atoms with Gasteiger partial charge in [-0.05, 0) is 52.9 Å². The Hall–Kier alpha value is -1.42. The molecule has 0 fully saturated rings. The highest BCUT2D eigenvalue weighted by Crippen LogP contribution is 2.25. The van der Waals surface area contributed by atoms with Crippen molar-refractivity contribution < 1.29 is 4.74 Å². The van der Waals surface area contributed by atoms with Crippen molar-refractivity contribution in [1.82, 2.24) is 9.97 Å². The Morgan fingerprint density at radius 3 is 2.47 bits per heavy atom. The third-order valence-electron chi connectivity index (χ3n) is 3.07. The van der Waals surface area contributed by atoms with Crippen LogP contribution in [0.3, 0.4) is 0 Å². The van der Waals surface area contributed by atoms with Crippen LogP contribution in [0.25, 0.3) is 0 Å². The Morgan fingerprint density at radius 2 is 1.89 bits per heavy atom. The van der Waals surface area contributed by atoms with Gasteiger partial charge >= 0.3 is 0 Å². The summed E-state index contributed by atoms with van der Waals surface area (Å²) in [7, 11) is 0. The van der Waals surface area contributed by atoms with Gasteiger partial charge < -0.3 is 4.74 Å². The minimum atomic E-state index is 0.552. The molecule has 0 aliphatic rings. The molecule has 0 aliphatic carbocycles. The Morgan fingerprint density at radius 1 is 1.21 bits per heavy atom. The van der Waals surface area contributed by atoms with E-state index in [1.54, 1.807) is 6.07 Å². The van der Waals surface area contributed by atoms with Gasteiger partial charge in [-0.3, -0.25) is 0 Å². The summed E-state index contributed by atoms with van der Waals surface area (Å²) in [6.45, 7) is 6.25. The number of halogens is 1. The van der Waals surface area contributed by atoms with Crippen LogP contribution in [0, 0.1) is 6.92 Å². The molecule has 1 heterocycles. The van der Waals surface area contributed by atoms with E-state index in [2.05, 4.69) is 51.9 Å². The molecular formula is C15H17BrN2O. The summed E-state index contributed by atoms with van der Waals surface area (Å²) < 4.78 is 6.46. The molecule has 0 aliphatic heterocycles. The summed E-state index contributed by atoms with van der Waals surface area (Å²) in [4.78, 5) is 8.39. The number of ether oxygens (including phenoxy) is 1. The molecule has 4 heteroatoms. The smallest absolute Gasteiger partial charge is 0.223 e. The van der Waals surface area contributed by atoms with E-state index in [9.17, 15) is 0 Å². The van der Waals surface area contributed by atoms with E-state index in [0.29, 0.717) is 17.6 Å². The fraction of sp³-hybridized carbons (Fsp3) is 0.333. The summed E-state index contributed by atoms with van der Waals surface area (Å²) in [5, 5.41) is 0. The van der Waals surface area contributed by atoms with Gasteiger partial charge in [-0.15, -0.1) is 0 Å². The Kier molecular flexibility index (Phi) is 4.53. The predicted octanol–water partition coefficient (Wildman–Crippen LogP) is 4.85. The quantitative estimate of drug-likeness (QED) is 0.755. The lowest BCUT2D eigenvalue weighted by molar-refractivity contribution is 0.458. The lowest BCUT2D eigenvalue weighted by Crippen LogP contribution is -1.94. The molecule has 0 radical (unpaired) electrons. The minimum absolute atomic E-state index is 0.552. The highest BCUT2D eigenvalue weighted by Gasteiger charge is 2.05. The van der Waals surface area contributed by atoms with Crippen LogP contribution < -0.4 is 4.74 Å². The van der Waals surface area contributed by atoms with E-state index < -0.39 is 0 Å². The number of aryl methyl sites for hydroxylation is 1. The van der Waals surface area contributed by atoms with Gasteiger partial charge in [-0.2, -0.15) is 4.98 Å². The number of benzene rings is 1. The van der Waals surface area contributed by atoms with E-state index >= 15 is 0 Å². The summed E-state index contributed by atoms with van der Waals surface area (Å²) >= 11 is 3.34. The molecule has 1 aromatic carbocycles. The second-order valence-corrected chi connectivity index (χ2v) is 5.37. The second-order valence-electron chi connectivity index (χ2n) is 4.56. The fourth-order valence-corrected chi connectivity index (χ4v) is 2.23. The lowest BCUT2D eigenvalue weighted by atomic mass is 9.99. The van der Waals surface area contributed by atoms with Crippen molar-refractivity contribution >= 4 is 15.9 Å². The molecule has 0 saturated heterocycles. The van der Waals surface area contributed by atoms with Gasteiger partial charge in [0.25, 0.3) is 0 Å². The van der Waals surface area contributed by atoms with Crippen molar-refractivity contribution in [2.45, 2.75) is 33.1 Å². The van der Waals surface area contributed by atoms with Crippen molar-refractivity contribution in [3.63, 3.8) is 0 Å². The van der Waals surface area contributed by atoms with Crippen molar-refractivity contribution in [3.05, 3.63) is 46.3 Å². The van der Waals surface area contributed by atoms with Gasteiger partial charge in [0.05, 0.1) is 0 Å². The van der Waals surface area contributed by atoms with Gasteiger partial charge in [0.2, 0.25) is 5.88 Å². The maximum atomic E-state index is 5.73. The molecule has 2 aromatic rings. The van der Waals surface area contributed by atoms with Crippen LogP contribution in [-0.4, -0.2) is 9.97 Å². The van der Waals surface area contributed by atoms with Crippen LogP contribution in [0.1, 0.15) is 37.6 Å². The molecule has 3 nitrogen and oxygen atoms in total. The number of rotatable bonds is 4. The van der Waals surface area contributed by atoms with E-state index in [1.165, 1.54) is 5.56 Å². The van der Waals surface area contributed by atoms with Gasteiger partial charge in [-0.25, -0.2) is 4.98 Å². The van der Waals surface area contributed by atoms with Gasteiger partial charge in [0.1, 0.15) is 16.2 Å². The average Bonchev–Trinajstić information content (AvgIpc) is 2.37. The van der Waals surface area contributed by atoms with Crippen LogP contribution in [0.5, 0.6) is 11.6 Å². The van der Waals surface area contributed by atoms with Crippen LogP contribution in [0.2, 0.25) is 0 Å². The number of hydrogen-bond acceptors (Lipinski definition) is 3. The first-order valence-electron chi connectivity index (χ1n) is 6.37. The molecule has 100 valence electrons. The Labute approximate surface area is 122 Å². The molecule has 2 rings (SSSR count). The standard InChI is InChI=1S/C15H17BrN2O/c1-4-10(2)12-5-7-13(8-6-12)19-15-9-14(16)17-11(3)18-15/h5-10H,4H2,1-3H3. The molecule has 0 bridgehead atoms. The van der Waals surface area contributed by atoms with Crippen LogP contribution in [0.15, 0.2) is 34.9 Å². The number of hydrogen-bond donors (Lipinski definition) is 0. The van der Waals surface area contributed by atoms with Gasteiger partial charge in [0.15, 0.2) is 0 Å². The van der Waals surface area contributed by atoms with E-state index in [-0.39, 0.29) is 0 Å². The van der Waals surface area contributed by atoms with E-state index in [0.717, 1.165) is 16.8 Å². The van der Waals surface area contributed by atoms with E-state index in [1.807, 2.05) is 19.1 Å². The monoisotopic (exact) mass is 320 g/mol. The summed E-state index contributed by atoms with van der Waals surface area (Å²) in [5.74, 6) is 2.60. The van der Waals surface area contributed by atoms with Crippen molar-refractivity contribution in [1.29, 1.82) is 0 Å². The molecule has 1 unspecified atom stereocenters. The zero-order valence-electron chi connectivity index (χ0n) is 11.4. The normalized spacial score (nSPS) is 12.2. The highest BCUT2D eigenvalue weighted by molar-refractivity contribution is 9.10. The number of nitrogens with zero attached hydrogens (tertiary/aromatic N) is 2. The summed E-state index contributed by atoms with van der Waals surface area (Å²) in [5.41, 5.74) is 1.33. The number of aromatic nitrogens is 2. The average molecular weight is 321 g/mol. The van der Waals surface area contributed by atoms with Gasteiger partial charge in [0, 0.05) is 6.07 Å². The molecular weight excluding hydrogens is 304 g/mol. The first kappa shape index (κ1) is 14.0. The fourth-order valence-electron chi connectivity index (χ4n) is 1.78. The second kappa shape index (κ2) is 6.15. The third-order valence-corrected chi connectivity index (χ3v) is 3.47. The molecule has 0 saturated carbocycles. The van der Waals surface area contributed by atoms with E-state index in [4.69, 9.17) is 4.74 Å². The Bertz CT molecular complexity index is 534. The first-order valence-corrected chi connectivity index (χ1v) is 7.16. The molecule has 0 amide bonds. The minimum Gasteiger partial charge on any atom is -0.439 e. The van der Waals surface area contributed by atoms with Crippen molar-refractivity contribution in [2.75, 3.05) is 0 Å². The molecule has 0 spiro atoms. The zero-order valence-corrected chi connectivity index (χ0v) is 12.9. The largest absolute Gasteiger partial charge is 0.439 e. The van der Waals surface area contributed by atoms with Crippen molar-refractivity contribution in [3.8, 4) is 11.6 Å². The van der Waals surface area contributed by atoms with Crippen LogP contribution in [0.4, 0.5) is 0 Å². The predicted molar refractivity (Wildman–Crippen MR) is 79.7 cm³/mol. The summed E-state index contributed by atoms with van der Waals surface area (Å²) in [6, 6.07) is 9.93. The molecule has 1 aromatic heterocycles. The molecule has 1 atom stereocenters. The maximum Gasteiger partial charge on any atom is 0.223 e. The third kappa shape index (κ3) is 3.77.